The Balaban J connectivity index is 1.59. The number of carbonyl (C=O) groups is 1. The SMILES string of the molecule is NC(=O)N1CCC(NC(CC2CCC2)c2ccccc2)CC1. The molecule has 0 aromatic heterocycles. The van der Waals surface area contributed by atoms with Gasteiger partial charge in [-0.1, -0.05) is 49.6 Å². The molecule has 3 N–H and O–H groups in total. The number of hydrogen-bond donors (Lipinski definition) is 2. The molecule has 1 heterocycles. The third-order valence-electron chi connectivity index (χ3n) is 5.24. The van der Waals surface area contributed by atoms with Crippen LogP contribution in [-0.2, 0) is 0 Å². The van der Waals surface area contributed by atoms with Crippen molar-refractivity contribution in [2.45, 2.75) is 50.6 Å². The van der Waals surface area contributed by atoms with Crippen LogP contribution in [0.2, 0.25) is 0 Å². The monoisotopic (exact) mass is 301 g/mol. The molecular formula is C18H27N3O. The first kappa shape index (κ1) is 15.3. The molecule has 1 aromatic carbocycles. The second-order valence-electron chi connectivity index (χ2n) is 6.76. The van der Waals surface area contributed by atoms with E-state index in [2.05, 4.69) is 35.6 Å². The van der Waals surface area contributed by atoms with Crippen molar-refractivity contribution in [3.8, 4) is 0 Å². The summed E-state index contributed by atoms with van der Waals surface area (Å²) < 4.78 is 0. The lowest BCUT2D eigenvalue weighted by Gasteiger charge is -2.36. The molecule has 1 aromatic rings. The topological polar surface area (TPSA) is 58.4 Å². The lowest BCUT2D eigenvalue weighted by molar-refractivity contribution is 0.177. The van der Waals surface area contributed by atoms with Crippen LogP contribution in [0.25, 0.3) is 0 Å². The van der Waals surface area contributed by atoms with Crippen LogP contribution in [0.4, 0.5) is 4.79 Å². The van der Waals surface area contributed by atoms with E-state index in [0.29, 0.717) is 12.1 Å². The van der Waals surface area contributed by atoms with Gasteiger partial charge in [-0.15, -0.1) is 0 Å². The van der Waals surface area contributed by atoms with Crippen LogP contribution in [0.3, 0.4) is 0 Å². The van der Waals surface area contributed by atoms with E-state index in [-0.39, 0.29) is 6.03 Å². The Morgan fingerprint density at radius 1 is 1.18 bits per heavy atom. The van der Waals surface area contributed by atoms with E-state index < -0.39 is 0 Å². The van der Waals surface area contributed by atoms with E-state index in [1.807, 2.05) is 0 Å². The molecule has 1 unspecified atom stereocenters. The van der Waals surface area contributed by atoms with Gasteiger partial charge in [0.2, 0.25) is 0 Å². The number of rotatable bonds is 5. The molecule has 4 nitrogen and oxygen atoms in total. The number of benzene rings is 1. The van der Waals surface area contributed by atoms with Crippen molar-refractivity contribution in [3.63, 3.8) is 0 Å². The van der Waals surface area contributed by atoms with Crippen molar-refractivity contribution >= 4 is 6.03 Å². The summed E-state index contributed by atoms with van der Waals surface area (Å²) in [6.07, 6.45) is 7.38. The van der Waals surface area contributed by atoms with Crippen molar-refractivity contribution in [2.75, 3.05) is 13.1 Å². The lowest BCUT2D eigenvalue weighted by Crippen LogP contribution is -2.47. The maximum absolute atomic E-state index is 11.2. The molecule has 4 heteroatoms. The summed E-state index contributed by atoms with van der Waals surface area (Å²) in [5.41, 5.74) is 6.76. The van der Waals surface area contributed by atoms with Gasteiger partial charge in [-0.05, 0) is 30.7 Å². The van der Waals surface area contributed by atoms with Gasteiger partial charge in [0.1, 0.15) is 0 Å². The number of likely N-dealkylation sites (tertiary alicyclic amines) is 1. The van der Waals surface area contributed by atoms with Gasteiger partial charge in [0, 0.05) is 25.2 Å². The summed E-state index contributed by atoms with van der Waals surface area (Å²) in [5, 5.41) is 3.85. The van der Waals surface area contributed by atoms with Crippen LogP contribution in [0.5, 0.6) is 0 Å². The molecule has 22 heavy (non-hydrogen) atoms. The molecule has 0 bridgehead atoms. The molecule has 2 amide bonds. The van der Waals surface area contributed by atoms with E-state index in [0.717, 1.165) is 31.8 Å². The lowest BCUT2D eigenvalue weighted by atomic mass is 9.79. The molecule has 0 spiro atoms. The fourth-order valence-electron chi connectivity index (χ4n) is 3.60. The number of carbonyl (C=O) groups excluding carboxylic acids is 1. The number of amides is 2. The second kappa shape index (κ2) is 7.14. The van der Waals surface area contributed by atoms with E-state index in [1.165, 1.54) is 31.2 Å². The van der Waals surface area contributed by atoms with Crippen LogP contribution in [0.1, 0.15) is 50.1 Å². The zero-order chi connectivity index (χ0) is 15.4. The minimum absolute atomic E-state index is 0.285. The van der Waals surface area contributed by atoms with Crippen LogP contribution >= 0.6 is 0 Å². The fourth-order valence-corrected chi connectivity index (χ4v) is 3.60. The van der Waals surface area contributed by atoms with Gasteiger partial charge in [-0.3, -0.25) is 0 Å². The number of piperidine rings is 1. The average molecular weight is 301 g/mol. The van der Waals surface area contributed by atoms with Gasteiger partial charge < -0.3 is 16.0 Å². The van der Waals surface area contributed by atoms with Crippen LogP contribution in [-0.4, -0.2) is 30.1 Å². The Labute approximate surface area is 133 Å². The number of nitrogens with one attached hydrogen (secondary N) is 1. The molecule has 2 aliphatic rings. The molecule has 1 saturated carbocycles. The van der Waals surface area contributed by atoms with Crippen molar-refractivity contribution in [3.05, 3.63) is 35.9 Å². The summed E-state index contributed by atoms with van der Waals surface area (Å²) >= 11 is 0. The zero-order valence-corrected chi connectivity index (χ0v) is 13.2. The highest BCUT2D eigenvalue weighted by Crippen LogP contribution is 2.35. The first-order valence-corrected chi connectivity index (χ1v) is 8.58. The van der Waals surface area contributed by atoms with Crippen LogP contribution < -0.4 is 11.1 Å². The van der Waals surface area contributed by atoms with Crippen LogP contribution in [0, 0.1) is 5.92 Å². The average Bonchev–Trinajstić information content (AvgIpc) is 2.51. The molecule has 1 aliphatic heterocycles. The van der Waals surface area contributed by atoms with Gasteiger partial charge in [-0.25, -0.2) is 4.79 Å². The Kier molecular flexibility index (Phi) is 4.98. The molecule has 120 valence electrons. The minimum Gasteiger partial charge on any atom is -0.351 e. The minimum atomic E-state index is -0.285. The molecule has 2 fully saturated rings. The van der Waals surface area contributed by atoms with Gasteiger partial charge in [0.25, 0.3) is 0 Å². The van der Waals surface area contributed by atoms with E-state index >= 15 is 0 Å². The van der Waals surface area contributed by atoms with Crippen molar-refractivity contribution in [1.82, 2.24) is 10.2 Å². The molecule has 1 atom stereocenters. The number of primary amides is 1. The quantitative estimate of drug-likeness (QED) is 0.878. The smallest absolute Gasteiger partial charge is 0.314 e. The number of hydrogen-bond acceptors (Lipinski definition) is 2. The molecule has 3 rings (SSSR count). The number of nitrogens with two attached hydrogens (primary N) is 1. The second-order valence-corrected chi connectivity index (χ2v) is 6.76. The standard InChI is InChI=1S/C18H27N3O/c19-18(22)21-11-9-16(10-12-21)20-17(13-14-5-4-6-14)15-7-2-1-3-8-15/h1-3,7-8,14,16-17,20H,4-6,9-13H2,(H2,19,22). The Morgan fingerprint density at radius 3 is 2.41 bits per heavy atom. The predicted octanol–water partition coefficient (Wildman–Crippen LogP) is 3.05. The van der Waals surface area contributed by atoms with Gasteiger partial charge in [0.15, 0.2) is 0 Å². The normalized spacial score (nSPS) is 21.4. The maximum Gasteiger partial charge on any atom is 0.314 e. The third-order valence-corrected chi connectivity index (χ3v) is 5.24. The van der Waals surface area contributed by atoms with Crippen molar-refractivity contribution in [2.24, 2.45) is 11.7 Å². The highest BCUT2D eigenvalue weighted by atomic mass is 16.2. The largest absolute Gasteiger partial charge is 0.351 e. The van der Waals surface area contributed by atoms with Crippen LogP contribution in [0.15, 0.2) is 30.3 Å². The Morgan fingerprint density at radius 2 is 1.86 bits per heavy atom. The summed E-state index contributed by atoms with van der Waals surface area (Å²) in [6, 6.07) is 11.4. The highest BCUT2D eigenvalue weighted by Gasteiger charge is 2.27. The third kappa shape index (κ3) is 3.80. The molecular weight excluding hydrogens is 274 g/mol. The van der Waals surface area contributed by atoms with Gasteiger partial charge in [0.05, 0.1) is 0 Å². The van der Waals surface area contributed by atoms with Crippen molar-refractivity contribution < 1.29 is 4.79 Å². The number of urea groups is 1. The molecule has 1 saturated heterocycles. The summed E-state index contributed by atoms with van der Waals surface area (Å²) in [7, 11) is 0. The highest BCUT2D eigenvalue weighted by molar-refractivity contribution is 5.72. The van der Waals surface area contributed by atoms with E-state index in [1.54, 1.807) is 4.90 Å². The maximum atomic E-state index is 11.2. The first-order valence-electron chi connectivity index (χ1n) is 8.58. The number of nitrogens with zero attached hydrogens (tertiary/aromatic N) is 1. The summed E-state index contributed by atoms with van der Waals surface area (Å²) in [6.45, 7) is 1.55. The molecule has 1 aliphatic carbocycles. The Hall–Kier alpha value is -1.55. The summed E-state index contributed by atoms with van der Waals surface area (Å²) in [4.78, 5) is 13.0. The zero-order valence-electron chi connectivity index (χ0n) is 13.2. The van der Waals surface area contributed by atoms with E-state index in [4.69, 9.17) is 5.73 Å². The predicted molar refractivity (Wildman–Crippen MR) is 88.5 cm³/mol. The first-order chi connectivity index (χ1) is 10.7. The van der Waals surface area contributed by atoms with Crippen molar-refractivity contribution in [1.29, 1.82) is 0 Å². The van der Waals surface area contributed by atoms with E-state index in [9.17, 15) is 4.79 Å². The van der Waals surface area contributed by atoms with Gasteiger partial charge in [-0.2, -0.15) is 0 Å². The fraction of sp³-hybridized carbons (Fsp3) is 0.611. The summed E-state index contributed by atoms with van der Waals surface area (Å²) in [5.74, 6) is 0.878. The van der Waals surface area contributed by atoms with Gasteiger partial charge >= 0.3 is 6.03 Å². The Bertz CT molecular complexity index is 478. The molecule has 0 radical (unpaired) electrons.